The molecule has 0 saturated carbocycles. The van der Waals surface area contributed by atoms with E-state index in [9.17, 15) is 0 Å². The van der Waals surface area contributed by atoms with E-state index in [2.05, 4.69) is 52.8 Å². The first-order valence-corrected chi connectivity index (χ1v) is 12.4. The minimum atomic E-state index is 0.250. The molecule has 3 fully saturated rings. The third-order valence-electron chi connectivity index (χ3n) is 7.24. The van der Waals surface area contributed by atoms with Crippen molar-refractivity contribution in [2.45, 2.75) is 70.4 Å². The molecule has 6 nitrogen and oxygen atoms in total. The third kappa shape index (κ3) is 6.69. The molecule has 0 aliphatic carbocycles. The van der Waals surface area contributed by atoms with E-state index in [-0.39, 0.29) is 5.54 Å². The van der Waals surface area contributed by atoms with Crippen LogP contribution in [0.1, 0.15) is 58.8 Å². The first-order valence-electron chi connectivity index (χ1n) is 12.4. The van der Waals surface area contributed by atoms with Crippen molar-refractivity contribution in [2.24, 2.45) is 4.99 Å². The molecule has 3 aliphatic rings. The lowest BCUT2D eigenvalue weighted by molar-refractivity contribution is 0.0208. The third-order valence-corrected chi connectivity index (χ3v) is 7.24. The molecule has 0 bridgehead atoms. The van der Waals surface area contributed by atoms with E-state index in [1.165, 1.54) is 76.7 Å². The first-order chi connectivity index (χ1) is 14.5. The maximum Gasteiger partial charge on any atom is 0.191 e. The smallest absolute Gasteiger partial charge is 0.191 e. The van der Waals surface area contributed by atoms with E-state index in [0.29, 0.717) is 6.04 Å². The van der Waals surface area contributed by atoms with Crippen LogP contribution in [0.5, 0.6) is 0 Å². The molecule has 0 unspecified atom stereocenters. The summed E-state index contributed by atoms with van der Waals surface area (Å²) >= 11 is 0. The van der Waals surface area contributed by atoms with Crippen molar-refractivity contribution in [1.82, 2.24) is 25.3 Å². The minimum absolute atomic E-state index is 0.250. The monoisotopic (exact) mass is 418 g/mol. The summed E-state index contributed by atoms with van der Waals surface area (Å²) in [7, 11) is 2.26. The highest BCUT2D eigenvalue weighted by Crippen LogP contribution is 2.31. The number of nitrogens with zero attached hydrogens (tertiary/aromatic N) is 4. The molecular formula is C24H46N6. The van der Waals surface area contributed by atoms with Crippen LogP contribution in [0.3, 0.4) is 0 Å². The zero-order valence-electron chi connectivity index (χ0n) is 19.9. The Labute approximate surface area is 185 Å². The lowest BCUT2D eigenvalue weighted by Crippen LogP contribution is -2.58. The fraction of sp³-hybridized carbons (Fsp3) is 0.875. The molecule has 3 saturated heterocycles. The molecule has 0 spiro atoms. The number of nitrogens with one attached hydrogen (secondary N) is 2. The second kappa shape index (κ2) is 11.5. The van der Waals surface area contributed by atoms with Gasteiger partial charge in [-0.15, -0.1) is 0 Å². The number of guanidine groups is 1. The van der Waals surface area contributed by atoms with Crippen molar-refractivity contribution in [3.05, 3.63) is 12.2 Å². The highest BCUT2D eigenvalue weighted by atomic mass is 15.3. The van der Waals surface area contributed by atoms with Gasteiger partial charge in [-0.3, -0.25) is 14.8 Å². The fourth-order valence-electron chi connectivity index (χ4n) is 5.33. The molecule has 0 aromatic carbocycles. The van der Waals surface area contributed by atoms with Crippen LogP contribution in [0.25, 0.3) is 0 Å². The van der Waals surface area contributed by atoms with Gasteiger partial charge in [-0.05, 0) is 85.6 Å². The van der Waals surface area contributed by atoms with E-state index in [0.717, 1.165) is 38.7 Å². The molecule has 30 heavy (non-hydrogen) atoms. The van der Waals surface area contributed by atoms with Crippen LogP contribution >= 0.6 is 0 Å². The summed E-state index contributed by atoms with van der Waals surface area (Å²) in [5.74, 6) is 1.02. The van der Waals surface area contributed by atoms with Gasteiger partial charge in [0.05, 0.1) is 6.54 Å². The van der Waals surface area contributed by atoms with Crippen molar-refractivity contribution < 1.29 is 0 Å². The average Bonchev–Trinajstić information content (AvgIpc) is 2.75. The number of rotatable bonds is 7. The summed E-state index contributed by atoms with van der Waals surface area (Å²) < 4.78 is 0. The number of piperidine rings is 3. The Morgan fingerprint density at radius 3 is 2.30 bits per heavy atom. The zero-order chi connectivity index (χ0) is 21.4. The van der Waals surface area contributed by atoms with Crippen LogP contribution < -0.4 is 10.6 Å². The van der Waals surface area contributed by atoms with E-state index in [1.807, 2.05) is 0 Å². The average molecular weight is 419 g/mol. The van der Waals surface area contributed by atoms with Gasteiger partial charge in [0, 0.05) is 37.8 Å². The molecular weight excluding hydrogens is 372 g/mol. The Morgan fingerprint density at radius 2 is 1.70 bits per heavy atom. The molecule has 172 valence electrons. The van der Waals surface area contributed by atoms with Crippen molar-refractivity contribution >= 4 is 5.96 Å². The first kappa shape index (κ1) is 23.6. The maximum atomic E-state index is 5.18. The Hall–Kier alpha value is -1.11. The lowest BCUT2D eigenvalue weighted by atomic mass is 9.84. The number of hydrogen-bond acceptors (Lipinski definition) is 4. The molecule has 2 N–H and O–H groups in total. The van der Waals surface area contributed by atoms with Crippen LogP contribution in [0.15, 0.2) is 17.1 Å². The Kier molecular flexibility index (Phi) is 9.02. The summed E-state index contributed by atoms with van der Waals surface area (Å²) in [6.07, 6.45) is 8.94. The van der Waals surface area contributed by atoms with Gasteiger partial charge in [-0.1, -0.05) is 18.6 Å². The molecule has 0 atom stereocenters. The second-order valence-corrected chi connectivity index (χ2v) is 9.92. The van der Waals surface area contributed by atoms with Crippen LogP contribution in [0.4, 0.5) is 0 Å². The molecule has 0 amide bonds. The summed E-state index contributed by atoms with van der Waals surface area (Å²) in [5, 5.41) is 7.28. The van der Waals surface area contributed by atoms with Crippen molar-refractivity contribution in [2.75, 3.05) is 66.0 Å². The summed E-state index contributed by atoms with van der Waals surface area (Å²) in [5.41, 5.74) is 1.51. The normalized spacial score (nSPS) is 25.2. The van der Waals surface area contributed by atoms with Gasteiger partial charge in [0.2, 0.25) is 0 Å². The van der Waals surface area contributed by atoms with Gasteiger partial charge in [0.15, 0.2) is 5.96 Å². The number of hydrogen-bond donors (Lipinski definition) is 2. The maximum absolute atomic E-state index is 5.18. The van der Waals surface area contributed by atoms with Gasteiger partial charge in [-0.2, -0.15) is 0 Å². The van der Waals surface area contributed by atoms with Gasteiger partial charge in [0.1, 0.15) is 0 Å². The van der Waals surface area contributed by atoms with E-state index in [1.54, 1.807) is 0 Å². The Bertz CT molecular complexity index is 552. The largest absolute Gasteiger partial charge is 0.357 e. The summed E-state index contributed by atoms with van der Waals surface area (Å²) in [6.45, 7) is 18.4. The minimum Gasteiger partial charge on any atom is -0.357 e. The predicted octanol–water partition coefficient (Wildman–Crippen LogP) is 2.53. The molecule has 3 aliphatic heterocycles. The van der Waals surface area contributed by atoms with Gasteiger partial charge < -0.3 is 15.5 Å². The van der Waals surface area contributed by atoms with Crippen LogP contribution in [0.2, 0.25) is 0 Å². The summed E-state index contributed by atoms with van der Waals surface area (Å²) in [4.78, 5) is 13.0. The molecule has 6 heteroatoms. The predicted molar refractivity (Wildman–Crippen MR) is 128 cm³/mol. The molecule has 0 radical (unpaired) electrons. The van der Waals surface area contributed by atoms with Gasteiger partial charge in [-0.25, -0.2) is 0 Å². The van der Waals surface area contributed by atoms with Gasteiger partial charge >= 0.3 is 0 Å². The zero-order valence-corrected chi connectivity index (χ0v) is 19.9. The van der Waals surface area contributed by atoms with Crippen LogP contribution in [-0.2, 0) is 0 Å². The lowest BCUT2D eigenvalue weighted by Gasteiger charge is -2.49. The molecule has 0 aromatic heterocycles. The standard InChI is InChI=1S/C24H46N6/c1-5-25-23(27-22-9-15-29(16-10-22)19-21(2)3)26-20-24(11-17-28(4)18-12-24)30-13-7-6-8-14-30/h22H,2,5-20H2,1,3-4H3,(H2,25,26,27). The highest BCUT2D eigenvalue weighted by Gasteiger charge is 2.39. The van der Waals surface area contributed by atoms with Crippen LogP contribution in [-0.4, -0.2) is 98.2 Å². The Balaban J connectivity index is 1.61. The molecule has 3 heterocycles. The van der Waals surface area contributed by atoms with Crippen molar-refractivity contribution in [3.63, 3.8) is 0 Å². The van der Waals surface area contributed by atoms with E-state index < -0.39 is 0 Å². The highest BCUT2D eigenvalue weighted by molar-refractivity contribution is 5.80. The number of likely N-dealkylation sites (tertiary alicyclic amines) is 3. The molecule has 0 aromatic rings. The second-order valence-electron chi connectivity index (χ2n) is 9.92. The van der Waals surface area contributed by atoms with E-state index in [4.69, 9.17) is 4.99 Å². The fourth-order valence-corrected chi connectivity index (χ4v) is 5.33. The number of aliphatic imine (C=N–C) groups is 1. The van der Waals surface area contributed by atoms with Crippen LogP contribution in [0, 0.1) is 0 Å². The quantitative estimate of drug-likeness (QED) is 0.378. The summed E-state index contributed by atoms with van der Waals surface area (Å²) in [6, 6.07) is 0.521. The van der Waals surface area contributed by atoms with Crippen molar-refractivity contribution in [1.29, 1.82) is 0 Å². The van der Waals surface area contributed by atoms with Gasteiger partial charge in [0.25, 0.3) is 0 Å². The molecule has 3 rings (SSSR count). The SMILES string of the molecule is C=C(C)CN1CCC(NC(=NCC2(N3CCCCC3)CCN(C)CC2)NCC)CC1. The van der Waals surface area contributed by atoms with Crippen molar-refractivity contribution in [3.8, 4) is 0 Å². The Morgan fingerprint density at radius 1 is 1.03 bits per heavy atom. The topological polar surface area (TPSA) is 46.1 Å². The van der Waals surface area contributed by atoms with E-state index >= 15 is 0 Å².